The van der Waals surface area contributed by atoms with Gasteiger partial charge in [0.05, 0.1) is 0 Å². The van der Waals surface area contributed by atoms with Crippen molar-refractivity contribution in [3.05, 3.63) is 17.7 Å². The number of benzene rings is 1. The molecule has 0 aliphatic rings. The van der Waals surface area contributed by atoms with Gasteiger partial charge < -0.3 is 20.6 Å². The van der Waals surface area contributed by atoms with E-state index in [2.05, 4.69) is 12.2 Å². The number of phenols is 3. The molecule has 0 radical (unpaired) electrons. The van der Waals surface area contributed by atoms with Crippen LogP contribution in [0.15, 0.2) is 12.1 Å². The third-order valence-corrected chi connectivity index (χ3v) is 4.65. The fourth-order valence-corrected chi connectivity index (χ4v) is 3.01. The first kappa shape index (κ1) is 22.1. The van der Waals surface area contributed by atoms with Crippen LogP contribution < -0.4 is 5.32 Å². The minimum Gasteiger partial charge on any atom is -0.504 e. The van der Waals surface area contributed by atoms with Gasteiger partial charge in [-0.25, -0.2) is 0 Å². The highest BCUT2D eigenvalue weighted by molar-refractivity contribution is 5.95. The summed E-state index contributed by atoms with van der Waals surface area (Å²) >= 11 is 0. The molecule has 0 aromatic heterocycles. The van der Waals surface area contributed by atoms with E-state index >= 15 is 0 Å². The Bertz CT molecular complexity index is 508. The lowest BCUT2D eigenvalue weighted by atomic mass is 10.1. The zero-order valence-corrected chi connectivity index (χ0v) is 16.1. The molecule has 1 aromatic carbocycles. The molecule has 26 heavy (non-hydrogen) atoms. The van der Waals surface area contributed by atoms with Gasteiger partial charge in [-0.15, -0.1) is 0 Å². The lowest BCUT2D eigenvalue weighted by Crippen LogP contribution is -2.24. The quantitative estimate of drug-likeness (QED) is 0.268. The zero-order valence-electron chi connectivity index (χ0n) is 16.1. The van der Waals surface area contributed by atoms with Crippen molar-refractivity contribution in [2.75, 3.05) is 6.54 Å². The van der Waals surface area contributed by atoms with Gasteiger partial charge in [-0.05, 0) is 18.6 Å². The minimum atomic E-state index is -0.609. The van der Waals surface area contributed by atoms with Crippen molar-refractivity contribution in [1.29, 1.82) is 0 Å². The van der Waals surface area contributed by atoms with Crippen LogP contribution in [0.25, 0.3) is 0 Å². The molecule has 0 fully saturated rings. The molecule has 0 spiro atoms. The monoisotopic (exact) mass is 365 g/mol. The van der Waals surface area contributed by atoms with Gasteiger partial charge >= 0.3 is 0 Å². The molecule has 0 aliphatic heterocycles. The van der Waals surface area contributed by atoms with E-state index < -0.39 is 17.2 Å². The van der Waals surface area contributed by atoms with Crippen LogP contribution in [0, 0.1) is 0 Å². The normalized spacial score (nSPS) is 10.8. The number of unbranched alkanes of at least 4 members (excludes halogenated alkanes) is 11. The molecule has 5 nitrogen and oxygen atoms in total. The average Bonchev–Trinajstić information content (AvgIpc) is 2.62. The molecule has 1 aromatic rings. The number of phenolic OH excluding ortho intramolecular Hbond substituents is 3. The number of aromatic hydroxyl groups is 3. The number of hydrogen-bond donors (Lipinski definition) is 4. The molecule has 0 saturated carbocycles. The van der Waals surface area contributed by atoms with Crippen LogP contribution in [0.1, 0.15) is 94.3 Å². The Morgan fingerprint density at radius 3 is 1.65 bits per heavy atom. The van der Waals surface area contributed by atoms with Crippen LogP contribution in [0.5, 0.6) is 17.2 Å². The van der Waals surface area contributed by atoms with E-state index in [-0.39, 0.29) is 11.5 Å². The number of carbonyl (C=O) groups is 1. The smallest absolute Gasteiger partial charge is 0.251 e. The molecule has 0 heterocycles. The number of amides is 1. The highest BCUT2D eigenvalue weighted by atomic mass is 16.3. The lowest BCUT2D eigenvalue weighted by molar-refractivity contribution is 0.0952. The van der Waals surface area contributed by atoms with E-state index in [4.69, 9.17) is 0 Å². The largest absolute Gasteiger partial charge is 0.504 e. The summed E-state index contributed by atoms with van der Waals surface area (Å²) < 4.78 is 0. The molecule has 0 saturated heterocycles. The van der Waals surface area contributed by atoms with Gasteiger partial charge in [0, 0.05) is 12.1 Å². The lowest BCUT2D eigenvalue weighted by Gasteiger charge is -2.07. The van der Waals surface area contributed by atoms with Crippen molar-refractivity contribution in [2.45, 2.75) is 84.0 Å². The van der Waals surface area contributed by atoms with Gasteiger partial charge in [-0.2, -0.15) is 0 Å². The zero-order chi connectivity index (χ0) is 19.2. The molecule has 0 bridgehead atoms. The second-order valence-electron chi connectivity index (χ2n) is 7.01. The molecule has 0 aliphatic carbocycles. The van der Waals surface area contributed by atoms with Crippen molar-refractivity contribution < 1.29 is 20.1 Å². The standard InChI is InChI=1S/C21H35NO4/c1-2-3-4-5-6-7-8-9-10-11-12-13-14-22-21(26)17-15-18(23)20(25)19(24)16-17/h15-16,23-25H,2-14H2,1H3,(H,22,26). The van der Waals surface area contributed by atoms with Crippen LogP contribution in [-0.4, -0.2) is 27.8 Å². The summed E-state index contributed by atoms with van der Waals surface area (Å²) in [7, 11) is 0. The number of rotatable bonds is 14. The second-order valence-corrected chi connectivity index (χ2v) is 7.01. The number of carbonyl (C=O) groups excluding carboxylic acids is 1. The second kappa shape index (κ2) is 13.3. The van der Waals surface area contributed by atoms with Gasteiger partial charge in [-0.3, -0.25) is 4.79 Å². The van der Waals surface area contributed by atoms with Crippen molar-refractivity contribution in [3.63, 3.8) is 0 Å². The van der Waals surface area contributed by atoms with Gasteiger partial charge in [0.25, 0.3) is 5.91 Å². The average molecular weight is 366 g/mol. The fourth-order valence-electron chi connectivity index (χ4n) is 3.01. The highest BCUT2D eigenvalue weighted by Crippen LogP contribution is 2.35. The van der Waals surface area contributed by atoms with E-state index in [1.54, 1.807) is 0 Å². The van der Waals surface area contributed by atoms with Crippen LogP contribution >= 0.6 is 0 Å². The Morgan fingerprint density at radius 2 is 1.19 bits per heavy atom. The summed E-state index contributed by atoms with van der Waals surface area (Å²) in [4.78, 5) is 11.9. The maximum atomic E-state index is 11.9. The molecule has 1 amide bonds. The first-order chi connectivity index (χ1) is 12.6. The van der Waals surface area contributed by atoms with E-state index in [0.29, 0.717) is 6.54 Å². The summed E-state index contributed by atoms with van der Waals surface area (Å²) in [6, 6.07) is 2.29. The van der Waals surface area contributed by atoms with Gasteiger partial charge in [-0.1, -0.05) is 77.6 Å². The van der Waals surface area contributed by atoms with E-state index in [1.165, 1.54) is 64.2 Å². The first-order valence-electron chi connectivity index (χ1n) is 10.1. The van der Waals surface area contributed by atoms with Crippen LogP contribution in [0.3, 0.4) is 0 Å². The minimum absolute atomic E-state index is 0.136. The Hall–Kier alpha value is -1.91. The molecule has 5 heteroatoms. The Morgan fingerprint density at radius 1 is 0.769 bits per heavy atom. The molecule has 0 atom stereocenters. The van der Waals surface area contributed by atoms with Gasteiger partial charge in [0.1, 0.15) is 0 Å². The van der Waals surface area contributed by atoms with Crippen molar-refractivity contribution in [1.82, 2.24) is 5.32 Å². The third-order valence-electron chi connectivity index (χ3n) is 4.65. The summed E-state index contributed by atoms with van der Waals surface area (Å²) in [6.07, 6.45) is 15.2. The van der Waals surface area contributed by atoms with Gasteiger partial charge in [0.2, 0.25) is 0 Å². The first-order valence-corrected chi connectivity index (χ1v) is 10.1. The maximum absolute atomic E-state index is 11.9. The Labute approximate surface area is 157 Å². The van der Waals surface area contributed by atoms with Gasteiger partial charge in [0.15, 0.2) is 17.2 Å². The summed E-state index contributed by atoms with van der Waals surface area (Å²) in [5, 5.41) is 30.9. The molecule has 0 unspecified atom stereocenters. The van der Waals surface area contributed by atoms with E-state index in [1.807, 2.05) is 0 Å². The highest BCUT2D eigenvalue weighted by Gasteiger charge is 2.12. The van der Waals surface area contributed by atoms with Crippen LogP contribution in [0.2, 0.25) is 0 Å². The molecule has 148 valence electrons. The molecular weight excluding hydrogens is 330 g/mol. The third kappa shape index (κ3) is 8.97. The maximum Gasteiger partial charge on any atom is 0.251 e. The number of hydrogen-bond acceptors (Lipinski definition) is 4. The fraction of sp³-hybridized carbons (Fsp3) is 0.667. The summed E-state index contributed by atoms with van der Waals surface area (Å²) in [5.74, 6) is -1.97. The molecule has 1 rings (SSSR count). The topological polar surface area (TPSA) is 89.8 Å². The SMILES string of the molecule is CCCCCCCCCCCCCCNC(=O)c1cc(O)c(O)c(O)c1. The van der Waals surface area contributed by atoms with E-state index in [9.17, 15) is 20.1 Å². The predicted molar refractivity (Wildman–Crippen MR) is 105 cm³/mol. The summed E-state index contributed by atoms with van der Waals surface area (Å²) in [6.45, 7) is 2.81. The predicted octanol–water partition coefficient (Wildman–Crippen LogP) is 5.23. The van der Waals surface area contributed by atoms with Crippen LogP contribution in [0.4, 0.5) is 0 Å². The van der Waals surface area contributed by atoms with Crippen molar-refractivity contribution >= 4 is 5.91 Å². The molecule has 4 N–H and O–H groups in total. The van der Waals surface area contributed by atoms with Crippen LogP contribution in [-0.2, 0) is 0 Å². The summed E-state index contributed by atoms with van der Waals surface area (Å²) in [5.41, 5.74) is 0.136. The van der Waals surface area contributed by atoms with Crippen molar-refractivity contribution in [3.8, 4) is 17.2 Å². The van der Waals surface area contributed by atoms with E-state index in [0.717, 1.165) is 25.0 Å². The van der Waals surface area contributed by atoms with Crippen molar-refractivity contribution in [2.24, 2.45) is 0 Å². The Balaban J connectivity index is 2.00. The Kier molecular flexibility index (Phi) is 11.3. The molecular formula is C21H35NO4. The number of nitrogens with one attached hydrogen (secondary N) is 1.